The van der Waals surface area contributed by atoms with E-state index >= 15 is 0 Å². The number of aryl methyl sites for hydroxylation is 1. The van der Waals surface area contributed by atoms with Gasteiger partial charge in [-0.15, -0.1) is 11.3 Å². The van der Waals surface area contributed by atoms with Crippen molar-refractivity contribution >= 4 is 39.1 Å². The molecule has 0 atom stereocenters. The highest BCUT2D eigenvalue weighted by Crippen LogP contribution is 2.31. The van der Waals surface area contributed by atoms with Crippen LogP contribution in [0.25, 0.3) is 21.5 Å². The molecule has 1 amide bonds. The van der Waals surface area contributed by atoms with Gasteiger partial charge >= 0.3 is 0 Å². The monoisotopic (exact) mass is 454 g/mol. The highest BCUT2D eigenvalue weighted by Gasteiger charge is 2.18. The van der Waals surface area contributed by atoms with Crippen molar-refractivity contribution in [1.82, 2.24) is 20.1 Å². The predicted octanol–water partition coefficient (Wildman–Crippen LogP) is 3.81. The average molecular weight is 455 g/mol. The second-order valence-electron chi connectivity index (χ2n) is 6.82. The Kier molecular flexibility index (Phi) is 6.01. The van der Waals surface area contributed by atoms with Crippen LogP contribution in [0.4, 0.5) is 0 Å². The van der Waals surface area contributed by atoms with Crippen LogP contribution in [0.3, 0.4) is 0 Å². The summed E-state index contributed by atoms with van der Waals surface area (Å²) in [6.45, 7) is 1.86. The van der Waals surface area contributed by atoms with Gasteiger partial charge in [0.25, 0.3) is 5.56 Å². The van der Waals surface area contributed by atoms with Gasteiger partial charge in [0.2, 0.25) is 5.91 Å². The van der Waals surface area contributed by atoms with E-state index in [4.69, 9.17) is 16.3 Å². The van der Waals surface area contributed by atoms with E-state index in [0.717, 1.165) is 20.8 Å². The number of hydrogen-bond acceptors (Lipinski definition) is 6. The van der Waals surface area contributed by atoms with Crippen molar-refractivity contribution in [3.05, 3.63) is 74.5 Å². The van der Waals surface area contributed by atoms with Crippen molar-refractivity contribution in [3.63, 3.8) is 0 Å². The number of aromatic nitrogens is 3. The van der Waals surface area contributed by atoms with Gasteiger partial charge in [-0.2, -0.15) is 5.10 Å². The first-order valence-corrected chi connectivity index (χ1v) is 10.7. The summed E-state index contributed by atoms with van der Waals surface area (Å²) in [5, 5.41) is 8.61. The number of methoxy groups -OCH3 is 1. The van der Waals surface area contributed by atoms with Crippen molar-refractivity contribution in [2.24, 2.45) is 0 Å². The Morgan fingerprint density at radius 1 is 1.23 bits per heavy atom. The standard InChI is InChI=1S/C22H19ClN4O3S/c1-13-25-20-21(31-13)19(14-7-5-8-16(10-14)30-2)26-27(22(20)29)12-18(28)24-11-15-6-3-4-9-17(15)23/h3-10H,11-12H2,1-2H3,(H,24,28). The number of thiazole rings is 1. The minimum absolute atomic E-state index is 0.229. The number of halogens is 1. The first kappa shape index (κ1) is 21.0. The zero-order valence-corrected chi connectivity index (χ0v) is 18.5. The second kappa shape index (κ2) is 8.87. The lowest BCUT2D eigenvalue weighted by molar-refractivity contribution is -0.122. The van der Waals surface area contributed by atoms with Crippen LogP contribution in [0.1, 0.15) is 10.6 Å². The Bertz CT molecular complexity index is 1330. The quantitative estimate of drug-likeness (QED) is 0.478. The van der Waals surface area contributed by atoms with Gasteiger partial charge in [-0.05, 0) is 30.7 Å². The number of hydrogen-bond donors (Lipinski definition) is 1. The van der Waals surface area contributed by atoms with Crippen LogP contribution in [0.2, 0.25) is 5.02 Å². The molecule has 0 aliphatic carbocycles. The first-order valence-electron chi connectivity index (χ1n) is 9.49. The van der Waals surface area contributed by atoms with Crippen molar-refractivity contribution in [2.75, 3.05) is 7.11 Å². The maximum Gasteiger partial charge on any atom is 0.294 e. The van der Waals surface area contributed by atoms with Gasteiger partial charge in [-0.3, -0.25) is 9.59 Å². The summed E-state index contributed by atoms with van der Waals surface area (Å²) in [4.78, 5) is 29.9. The summed E-state index contributed by atoms with van der Waals surface area (Å²) in [6, 6.07) is 14.7. The molecule has 31 heavy (non-hydrogen) atoms. The normalized spacial score (nSPS) is 10.9. The minimum Gasteiger partial charge on any atom is -0.497 e. The topological polar surface area (TPSA) is 86.1 Å². The lowest BCUT2D eigenvalue weighted by Gasteiger charge is -2.10. The minimum atomic E-state index is -0.404. The van der Waals surface area contributed by atoms with Gasteiger partial charge in [0.15, 0.2) is 5.52 Å². The number of benzene rings is 2. The van der Waals surface area contributed by atoms with Gasteiger partial charge in [0, 0.05) is 17.1 Å². The zero-order chi connectivity index (χ0) is 22.0. The molecular weight excluding hydrogens is 436 g/mol. The highest BCUT2D eigenvalue weighted by atomic mass is 35.5. The molecule has 0 bridgehead atoms. The molecule has 0 radical (unpaired) electrons. The van der Waals surface area contributed by atoms with Crippen LogP contribution in [0.5, 0.6) is 5.75 Å². The fourth-order valence-corrected chi connectivity index (χ4v) is 4.28. The summed E-state index contributed by atoms with van der Waals surface area (Å²) in [7, 11) is 1.59. The number of fused-ring (bicyclic) bond motifs is 1. The van der Waals surface area contributed by atoms with Crippen molar-refractivity contribution in [3.8, 4) is 17.0 Å². The Morgan fingerprint density at radius 2 is 2.03 bits per heavy atom. The van der Waals surface area contributed by atoms with Gasteiger partial charge < -0.3 is 10.1 Å². The second-order valence-corrected chi connectivity index (χ2v) is 8.43. The molecule has 0 unspecified atom stereocenters. The molecule has 1 N–H and O–H groups in total. The van der Waals surface area contributed by atoms with Crippen LogP contribution >= 0.6 is 22.9 Å². The molecule has 0 aliphatic rings. The fraction of sp³-hybridized carbons (Fsp3) is 0.182. The molecule has 2 aromatic carbocycles. The number of nitrogens with zero attached hydrogens (tertiary/aromatic N) is 3. The van der Waals surface area contributed by atoms with Gasteiger partial charge in [0.1, 0.15) is 18.0 Å². The molecule has 2 aromatic heterocycles. The lowest BCUT2D eigenvalue weighted by Crippen LogP contribution is -2.33. The van der Waals surface area contributed by atoms with E-state index in [2.05, 4.69) is 15.4 Å². The summed E-state index contributed by atoms with van der Waals surface area (Å²) in [5.41, 5.74) is 2.05. The number of ether oxygens (including phenoxy) is 1. The molecule has 9 heteroatoms. The van der Waals surface area contributed by atoms with Crippen LogP contribution in [-0.4, -0.2) is 27.8 Å². The summed E-state index contributed by atoms with van der Waals surface area (Å²) >= 11 is 7.53. The fourth-order valence-electron chi connectivity index (χ4n) is 3.16. The SMILES string of the molecule is COc1cccc(-c2nn(CC(=O)NCc3ccccc3Cl)c(=O)c3nc(C)sc23)c1. The predicted molar refractivity (Wildman–Crippen MR) is 122 cm³/mol. The number of carbonyl (C=O) groups excluding carboxylic acids is 1. The number of amides is 1. The molecule has 4 rings (SSSR count). The van der Waals surface area contributed by atoms with E-state index in [1.54, 1.807) is 13.2 Å². The van der Waals surface area contributed by atoms with E-state index in [0.29, 0.717) is 26.7 Å². The van der Waals surface area contributed by atoms with Crippen molar-refractivity contribution in [2.45, 2.75) is 20.0 Å². The van der Waals surface area contributed by atoms with E-state index in [9.17, 15) is 9.59 Å². The van der Waals surface area contributed by atoms with Crippen molar-refractivity contribution in [1.29, 1.82) is 0 Å². The molecule has 7 nitrogen and oxygen atoms in total. The summed E-state index contributed by atoms with van der Waals surface area (Å²) in [5.74, 6) is 0.321. The Labute approximate surface area is 187 Å². The molecule has 0 saturated carbocycles. The van der Waals surface area contributed by atoms with Gasteiger partial charge in [-0.1, -0.05) is 41.9 Å². The van der Waals surface area contributed by atoms with Gasteiger partial charge in [0.05, 0.1) is 16.8 Å². The molecule has 0 spiro atoms. The Morgan fingerprint density at radius 3 is 2.81 bits per heavy atom. The number of nitrogens with one attached hydrogen (secondary N) is 1. The van der Waals surface area contributed by atoms with E-state index in [1.807, 2.05) is 49.4 Å². The Balaban J connectivity index is 1.67. The first-order chi connectivity index (χ1) is 15.0. The van der Waals surface area contributed by atoms with Crippen LogP contribution < -0.4 is 15.6 Å². The third-order valence-corrected chi connectivity index (χ3v) is 6.02. The molecule has 4 aromatic rings. The smallest absolute Gasteiger partial charge is 0.294 e. The Hall–Kier alpha value is -3.23. The third-order valence-electron chi connectivity index (χ3n) is 4.68. The molecule has 158 valence electrons. The van der Waals surface area contributed by atoms with E-state index in [-0.39, 0.29) is 19.0 Å². The highest BCUT2D eigenvalue weighted by molar-refractivity contribution is 7.19. The summed E-state index contributed by atoms with van der Waals surface area (Å²) in [6.07, 6.45) is 0. The molecule has 0 saturated heterocycles. The number of carbonyl (C=O) groups is 1. The van der Waals surface area contributed by atoms with Crippen LogP contribution in [0.15, 0.2) is 53.3 Å². The van der Waals surface area contributed by atoms with Gasteiger partial charge in [-0.25, -0.2) is 9.67 Å². The third kappa shape index (κ3) is 4.45. The lowest BCUT2D eigenvalue weighted by atomic mass is 10.1. The maximum atomic E-state index is 12.9. The average Bonchev–Trinajstić information content (AvgIpc) is 3.17. The molecule has 0 aliphatic heterocycles. The molecule has 0 fully saturated rings. The van der Waals surface area contributed by atoms with Crippen molar-refractivity contribution < 1.29 is 9.53 Å². The van der Waals surface area contributed by atoms with E-state index in [1.165, 1.54) is 11.3 Å². The molecular formula is C22H19ClN4O3S. The van der Waals surface area contributed by atoms with E-state index < -0.39 is 5.56 Å². The summed E-state index contributed by atoms with van der Waals surface area (Å²) < 4.78 is 7.15. The number of rotatable bonds is 6. The zero-order valence-electron chi connectivity index (χ0n) is 16.9. The largest absolute Gasteiger partial charge is 0.497 e. The van der Waals surface area contributed by atoms with Crippen LogP contribution in [0, 0.1) is 6.92 Å². The van der Waals surface area contributed by atoms with Crippen LogP contribution in [-0.2, 0) is 17.9 Å². The maximum absolute atomic E-state index is 12.9. The molecule has 2 heterocycles.